The number of carbonyl (C=O) groups is 2. The third kappa shape index (κ3) is 4.36. The van der Waals surface area contributed by atoms with Gasteiger partial charge in [-0.05, 0) is 47.9 Å². The third-order valence-electron chi connectivity index (χ3n) is 5.18. The van der Waals surface area contributed by atoms with Crippen molar-refractivity contribution in [3.8, 4) is 0 Å². The van der Waals surface area contributed by atoms with Crippen LogP contribution in [0.1, 0.15) is 29.2 Å². The fourth-order valence-electron chi connectivity index (χ4n) is 3.75. The molecule has 0 aromatic heterocycles. The van der Waals surface area contributed by atoms with Crippen LogP contribution in [0.5, 0.6) is 0 Å². The zero-order valence-electron chi connectivity index (χ0n) is 16.1. The molecule has 30 heavy (non-hydrogen) atoms. The molecule has 0 saturated heterocycles. The Morgan fingerprint density at radius 3 is 2.53 bits per heavy atom. The summed E-state index contributed by atoms with van der Waals surface area (Å²) in [5.41, 5.74) is 3.06. The van der Waals surface area contributed by atoms with Crippen LogP contribution >= 0.6 is 11.6 Å². The van der Waals surface area contributed by atoms with Crippen molar-refractivity contribution in [1.29, 1.82) is 0 Å². The molecule has 3 aromatic rings. The molecule has 0 saturated carbocycles. The Morgan fingerprint density at radius 2 is 1.80 bits per heavy atom. The Labute approximate surface area is 179 Å². The lowest BCUT2D eigenvalue weighted by atomic mass is 9.95. The van der Waals surface area contributed by atoms with Gasteiger partial charge in [-0.15, -0.1) is 0 Å². The Kier molecular flexibility index (Phi) is 5.81. The molecule has 0 aliphatic carbocycles. The van der Waals surface area contributed by atoms with Gasteiger partial charge in [0.2, 0.25) is 11.8 Å². The Balaban J connectivity index is 1.72. The van der Waals surface area contributed by atoms with Gasteiger partial charge < -0.3 is 10.2 Å². The van der Waals surface area contributed by atoms with E-state index >= 15 is 0 Å². The van der Waals surface area contributed by atoms with Crippen LogP contribution in [0.3, 0.4) is 0 Å². The quantitative estimate of drug-likeness (QED) is 0.644. The van der Waals surface area contributed by atoms with Crippen LogP contribution < -0.4 is 5.32 Å². The number of benzene rings is 3. The molecule has 1 N–H and O–H groups in total. The van der Waals surface area contributed by atoms with E-state index in [2.05, 4.69) is 5.32 Å². The summed E-state index contributed by atoms with van der Waals surface area (Å²) in [7, 11) is 0. The summed E-state index contributed by atoms with van der Waals surface area (Å²) in [5, 5.41) is 3.35. The highest BCUT2D eigenvalue weighted by Gasteiger charge is 2.33. The number of nitrogens with zero attached hydrogens (tertiary/aromatic N) is 1. The molecular weight excluding hydrogens is 403 g/mol. The first-order chi connectivity index (χ1) is 14.5. The van der Waals surface area contributed by atoms with Crippen LogP contribution in [0.2, 0.25) is 5.02 Å². The largest absolute Gasteiger partial charge is 0.324 e. The van der Waals surface area contributed by atoms with Crippen molar-refractivity contribution < 1.29 is 14.0 Å². The number of aryl methyl sites for hydroxylation is 1. The molecule has 4 nitrogen and oxygen atoms in total. The fraction of sp³-hybridized carbons (Fsp3) is 0.167. The van der Waals surface area contributed by atoms with E-state index in [0.29, 0.717) is 28.3 Å². The maximum Gasteiger partial charge on any atom is 0.244 e. The summed E-state index contributed by atoms with van der Waals surface area (Å²) in [5.74, 6) is -0.803. The van der Waals surface area contributed by atoms with E-state index in [0.717, 1.165) is 5.56 Å². The number of amides is 2. The topological polar surface area (TPSA) is 49.4 Å². The Bertz CT molecular complexity index is 1070. The number of nitrogens with one attached hydrogen (secondary N) is 1. The van der Waals surface area contributed by atoms with Crippen molar-refractivity contribution in [2.45, 2.75) is 18.9 Å². The molecule has 1 atom stereocenters. The minimum absolute atomic E-state index is 0.0953. The van der Waals surface area contributed by atoms with Crippen molar-refractivity contribution in [2.24, 2.45) is 0 Å². The molecule has 1 unspecified atom stereocenters. The molecule has 1 aliphatic rings. The first-order valence-corrected chi connectivity index (χ1v) is 10.1. The van der Waals surface area contributed by atoms with E-state index in [1.54, 1.807) is 35.2 Å². The Morgan fingerprint density at radius 1 is 1.07 bits per heavy atom. The summed E-state index contributed by atoms with van der Waals surface area (Å²) in [6, 6.07) is 20.3. The molecule has 3 aromatic carbocycles. The van der Waals surface area contributed by atoms with Crippen molar-refractivity contribution in [2.75, 3.05) is 11.9 Å². The van der Waals surface area contributed by atoms with Crippen LogP contribution in [-0.2, 0) is 16.0 Å². The average Bonchev–Trinajstić information content (AvgIpc) is 2.89. The number of halogens is 2. The molecule has 0 spiro atoms. The van der Waals surface area contributed by atoms with Crippen molar-refractivity contribution >= 4 is 29.1 Å². The summed E-state index contributed by atoms with van der Waals surface area (Å²) in [6.45, 7) is -0.0953. The summed E-state index contributed by atoms with van der Waals surface area (Å²) < 4.78 is 13.6. The van der Waals surface area contributed by atoms with Gasteiger partial charge in [0.1, 0.15) is 12.4 Å². The maximum absolute atomic E-state index is 13.6. The second-order valence-electron chi connectivity index (χ2n) is 7.24. The van der Waals surface area contributed by atoms with Crippen LogP contribution in [0.4, 0.5) is 10.1 Å². The van der Waals surface area contributed by atoms with Crippen molar-refractivity contribution in [1.82, 2.24) is 4.90 Å². The highest BCUT2D eigenvalue weighted by Crippen LogP contribution is 2.37. The monoisotopic (exact) mass is 422 g/mol. The lowest BCUT2D eigenvalue weighted by molar-refractivity contribution is -0.136. The predicted octanol–water partition coefficient (Wildman–Crippen LogP) is 4.98. The van der Waals surface area contributed by atoms with Gasteiger partial charge >= 0.3 is 0 Å². The third-order valence-corrected chi connectivity index (χ3v) is 5.42. The fourth-order valence-corrected chi connectivity index (χ4v) is 3.93. The molecule has 4 rings (SSSR count). The second kappa shape index (κ2) is 8.67. The lowest BCUT2D eigenvalue weighted by Crippen LogP contribution is -2.39. The minimum atomic E-state index is -0.554. The Hall–Kier alpha value is -3.18. The number of fused-ring (bicyclic) bond motifs is 1. The highest BCUT2D eigenvalue weighted by atomic mass is 35.5. The van der Waals surface area contributed by atoms with Gasteiger partial charge in [-0.1, -0.05) is 54.1 Å². The zero-order valence-corrected chi connectivity index (χ0v) is 16.9. The lowest BCUT2D eigenvalue weighted by Gasteiger charge is -2.31. The van der Waals surface area contributed by atoms with Gasteiger partial charge in [-0.3, -0.25) is 9.59 Å². The van der Waals surface area contributed by atoms with Crippen LogP contribution in [0.25, 0.3) is 0 Å². The van der Waals surface area contributed by atoms with Crippen molar-refractivity contribution in [3.63, 3.8) is 0 Å². The number of anilines is 1. The first-order valence-electron chi connectivity index (χ1n) is 9.69. The van der Waals surface area contributed by atoms with E-state index in [-0.39, 0.29) is 30.6 Å². The average molecular weight is 423 g/mol. The zero-order chi connectivity index (χ0) is 21.1. The van der Waals surface area contributed by atoms with Gasteiger partial charge in [0.15, 0.2) is 0 Å². The van der Waals surface area contributed by atoms with Gasteiger partial charge in [-0.25, -0.2) is 4.39 Å². The molecule has 0 bridgehead atoms. The van der Waals surface area contributed by atoms with E-state index in [9.17, 15) is 14.0 Å². The molecule has 0 radical (unpaired) electrons. The number of carbonyl (C=O) groups excluding carboxylic acids is 2. The highest BCUT2D eigenvalue weighted by molar-refractivity contribution is 6.30. The van der Waals surface area contributed by atoms with E-state index in [4.69, 9.17) is 11.6 Å². The number of rotatable bonds is 4. The molecule has 6 heteroatoms. The molecule has 1 aliphatic heterocycles. The minimum Gasteiger partial charge on any atom is -0.324 e. The van der Waals surface area contributed by atoms with E-state index < -0.39 is 6.04 Å². The first kappa shape index (κ1) is 20.1. The van der Waals surface area contributed by atoms with Gasteiger partial charge in [0.05, 0.1) is 6.04 Å². The normalized spacial score (nSPS) is 15.9. The van der Waals surface area contributed by atoms with Gasteiger partial charge in [-0.2, -0.15) is 0 Å². The van der Waals surface area contributed by atoms with Crippen LogP contribution in [0, 0.1) is 5.82 Å². The molecule has 0 fully saturated rings. The van der Waals surface area contributed by atoms with Gasteiger partial charge in [0, 0.05) is 22.7 Å². The van der Waals surface area contributed by atoms with Gasteiger partial charge in [0.25, 0.3) is 0 Å². The second-order valence-corrected chi connectivity index (χ2v) is 7.68. The maximum atomic E-state index is 13.6. The van der Waals surface area contributed by atoms with E-state index in [1.807, 2.05) is 30.3 Å². The summed E-state index contributed by atoms with van der Waals surface area (Å²) >= 11 is 6.24. The molecule has 2 amide bonds. The SMILES string of the molecule is O=C1CN(C(=O)CCc2ccccc2)C(c2ccc(F)cc2)c2cc(Cl)ccc2N1. The standard InChI is InChI=1S/C24H20ClFN2O2/c25-18-9-12-21-20(14-18)24(17-7-10-19(26)11-8-17)28(15-22(29)27-21)23(30)13-6-16-4-2-1-3-5-16/h1-5,7-12,14,24H,6,13,15H2,(H,27,29). The van der Waals surface area contributed by atoms with Crippen molar-refractivity contribution in [3.05, 3.63) is 100 Å². The summed E-state index contributed by atoms with van der Waals surface area (Å²) in [6.07, 6.45) is 0.821. The predicted molar refractivity (Wildman–Crippen MR) is 115 cm³/mol. The van der Waals surface area contributed by atoms with E-state index in [1.165, 1.54) is 12.1 Å². The number of hydrogen-bond acceptors (Lipinski definition) is 2. The van der Waals surface area contributed by atoms with Crippen LogP contribution in [-0.4, -0.2) is 23.3 Å². The summed E-state index contributed by atoms with van der Waals surface area (Å²) in [4.78, 5) is 27.4. The molecule has 152 valence electrons. The number of hydrogen-bond donors (Lipinski definition) is 1. The molecular formula is C24H20ClFN2O2. The molecule has 1 heterocycles. The van der Waals surface area contributed by atoms with Crippen LogP contribution in [0.15, 0.2) is 72.8 Å². The smallest absolute Gasteiger partial charge is 0.244 e.